The van der Waals surface area contributed by atoms with Crippen LogP contribution in [0.2, 0.25) is 0 Å². The highest BCUT2D eigenvalue weighted by molar-refractivity contribution is 5.89. The quantitative estimate of drug-likeness (QED) is 0.465. The molecule has 1 aliphatic heterocycles. The first kappa shape index (κ1) is 17.9. The van der Waals surface area contributed by atoms with E-state index in [9.17, 15) is 0 Å². The fourth-order valence-corrected chi connectivity index (χ4v) is 4.33. The molecule has 0 N–H and O–H groups in total. The van der Waals surface area contributed by atoms with Crippen LogP contribution in [0.5, 0.6) is 0 Å². The van der Waals surface area contributed by atoms with Crippen molar-refractivity contribution in [3.05, 3.63) is 101 Å². The number of fused-ring (bicyclic) bond motifs is 3. The van der Waals surface area contributed by atoms with Gasteiger partial charge in [0.2, 0.25) is 0 Å². The van der Waals surface area contributed by atoms with Crippen LogP contribution in [-0.4, -0.2) is 21.0 Å². The number of hydrogen-bond acceptors (Lipinski definition) is 2. The van der Waals surface area contributed by atoms with E-state index in [1.807, 2.05) is 24.4 Å². The molecule has 3 heterocycles. The van der Waals surface area contributed by atoms with Gasteiger partial charge in [-0.25, -0.2) is 0 Å². The molecule has 0 spiro atoms. The third-order valence-electron chi connectivity index (χ3n) is 5.75. The highest BCUT2D eigenvalue weighted by Crippen LogP contribution is 2.32. The lowest BCUT2D eigenvalue weighted by molar-refractivity contribution is 0.245. The normalized spacial score (nSPS) is 14.5. The number of rotatable bonds is 4. The molecule has 0 saturated heterocycles. The predicted molar refractivity (Wildman–Crippen MR) is 120 cm³/mol. The first-order valence-electron chi connectivity index (χ1n) is 10.3. The van der Waals surface area contributed by atoms with Crippen LogP contribution >= 0.6 is 0 Å². The van der Waals surface area contributed by atoms with E-state index in [-0.39, 0.29) is 0 Å². The Balaban J connectivity index is 1.52. The lowest BCUT2D eigenvalue weighted by atomic mass is 10.0. The summed E-state index contributed by atoms with van der Waals surface area (Å²) in [6.45, 7) is 5.25. The maximum absolute atomic E-state index is 4.43. The number of aryl methyl sites for hydroxylation is 1. The molecule has 0 bridgehead atoms. The Morgan fingerprint density at radius 2 is 1.86 bits per heavy atom. The SMILES string of the molecule is Cc1ccc2c(c1)c1c(n2C=Cc2ccccn2)CCN(Cc2ccccc2)C1. The molecule has 0 atom stereocenters. The van der Waals surface area contributed by atoms with Crippen LogP contribution in [0.4, 0.5) is 0 Å². The molecule has 4 aromatic rings. The monoisotopic (exact) mass is 379 g/mol. The zero-order chi connectivity index (χ0) is 19.6. The van der Waals surface area contributed by atoms with Crippen LogP contribution in [0.25, 0.3) is 23.2 Å². The largest absolute Gasteiger partial charge is 0.320 e. The molecule has 1 aliphatic rings. The second-order valence-electron chi connectivity index (χ2n) is 7.83. The Hall–Kier alpha value is -3.17. The van der Waals surface area contributed by atoms with E-state index >= 15 is 0 Å². The predicted octanol–water partition coefficient (Wildman–Crippen LogP) is 5.53. The summed E-state index contributed by atoms with van der Waals surface area (Å²) in [5.74, 6) is 0. The summed E-state index contributed by atoms with van der Waals surface area (Å²) >= 11 is 0. The summed E-state index contributed by atoms with van der Waals surface area (Å²) in [6.07, 6.45) is 7.19. The van der Waals surface area contributed by atoms with Crippen molar-refractivity contribution in [3.63, 3.8) is 0 Å². The second-order valence-corrected chi connectivity index (χ2v) is 7.83. The van der Waals surface area contributed by atoms with E-state index in [0.29, 0.717) is 0 Å². The van der Waals surface area contributed by atoms with E-state index in [0.717, 1.165) is 31.7 Å². The number of pyridine rings is 1. The van der Waals surface area contributed by atoms with Crippen LogP contribution in [0, 0.1) is 6.92 Å². The highest BCUT2D eigenvalue weighted by atomic mass is 15.1. The summed E-state index contributed by atoms with van der Waals surface area (Å²) in [4.78, 5) is 7.00. The molecule has 144 valence electrons. The summed E-state index contributed by atoms with van der Waals surface area (Å²) in [6, 6.07) is 23.6. The van der Waals surface area contributed by atoms with Crippen molar-refractivity contribution in [3.8, 4) is 0 Å². The molecule has 3 nitrogen and oxygen atoms in total. The second kappa shape index (κ2) is 7.69. The van der Waals surface area contributed by atoms with Gasteiger partial charge in [0.25, 0.3) is 0 Å². The van der Waals surface area contributed by atoms with Crippen LogP contribution in [0.1, 0.15) is 28.1 Å². The topological polar surface area (TPSA) is 21.1 Å². The minimum absolute atomic E-state index is 0.983. The zero-order valence-corrected chi connectivity index (χ0v) is 16.8. The van der Waals surface area contributed by atoms with Gasteiger partial charge in [-0.3, -0.25) is 9.88 Å². The molecule has 5 rings (SSSR count). The fourth-order valence-electron chi connectivity index (χ4n) is 4.33. The van der Waals surface area contributed by atoms with Crippen molar-refractivity contribution in [2.45, 2.75) is 26.4 Å². The van der Waals surface area contributed by atoms with Crippen molar-refractivity contribution in [2.75, 3.05) is 6.54 Å². The fraction of sp³-hybridized carbons (Fsp3) is 0.192. The van der Waals surface area contributed by atoms with E-state index in [1.165, 1.54) is 33.3 Å². The molecule has 0 aliphatic carbocycles. The van der Waals surface area contributed by atoms with E-state index in [1.54, 1.807) is 0 Å². The van der Waals surface area contributed by atoms with Crippen LogP contribution in [-0.2, 0) is 19.5 Å². The molecule has 0 amide bonds. The van der Waals surface area contributed by atoms with Crippen LogP contribution in [0.3, 0.4) is 0 Å². The highest BCUT2D eigenvalue weighted by Gasteiger charge is 2.23. The van der Waals surface area contributed by atoms with Crippen molar-refractivity contribution in [2.24, 2.45) is 0 Å². The van der Waals surface area contributed by atoms with Gasteiger partial charge >= 0.3 is 0 Å². The molecule has 2 aromatic heterocycles. The number of benzene rings is 2. The third kappa shape index (κ3) is 3.62. The Labute approximate surface area is 171 Å². The standard InChI is InChI=1S/C26H25N3/c1-20-10-11-25-23(17-20)24-19-28(18-21-7-3-2-4-8-21)15-13-26(24)29(25)16-12-22-9-5-6-14-27-22/h2-12,14,16-17H,13,15,18-19H2,1H3. The summed E-state index contributed by atoms with van der Waals surface area (Å²) in [7, 11) is 0. The molecule has 0 saturated carbocycles. The Kier molecular flexibility index (Phi) is 4.74. The van der Waals surface area contributed by atoms with Gasteiger partial charge in [0, 0.05) is 49.5 Å². The molecule has 0 unspecified atom stereocenters. The van der Waals surface area contributed by atoms with E-state index in [4.69, 9.17) is 0 Å². The van der Waals surface area contributed by atoms with Crippen molar-refractivity contribution >= 4 is 23.2 Å². The average Bonchev–Trinajstić information content (AvgIpc) is 3.06. The Bertz CT molecular complexity index is 1160. The molecule has 2 aromatic carbocycles. The Morgan fingerprint density at radius 1 is 1.00 bits per heavy atom. The van der Waals surface area contributed by atoms with Crippen molar-refractivity contribution in [1.29, 1.82) is 0 Å². The first-order chi connectivity index (χ1) is 14.3. The average molecular weight is 380 g/mol. The van der Waals surface area contributed by atoms with Gasteiger partial charge in [-0.2, -0.15) is 0 Å². The van der Waals surface area contributed by atoms with Gasteiger partial charge in [0.1, 0.15) is 0 Å². The van der Waals surface area contributed by atoms with Crippen molar-refractivity contribution in [1.82, 2.24) is 14.5 Å². The molecule has 0 radical (unpaired) electrons. The van der Waals surface area contributed by atoms with Crippen LogP contribution in [0.15, 0.2) is 72.9 Å². The van der Waals surface area contributed by atoms with Gasteiger partial charge in [0.05, 0.1) is 11.2 Å². The minimum atomic E-state index is 0.983. The van der Waals surface area contributed by atoms with Crippen LogP contribution < -0.4 is 0 Å². The number of hydrogen-bond donors (Lipinski definition) is 0. The van der Waals surface area contributed by atoms with E-state index < -0.39 is 0 Å². The van der Waals surface area contributed by atoms with Crippen molar-refractivity contribution < 1.29 is 0 Å². The summed E-state index contributed by atoms with van der Waals surface area (Å²) < 4.78 is 2.37. The molecular weight excluding hydrogens is 354 g/mol. The third-order valence-corrected chi connectivity index (χ3v) is 5.75. The maximum Gasteiger partial charge on any atom is 0.0644 e. The van der Waals surface area contributed by atoms with Gasteiger partial charge in [-0.05, 0) is 48.4 Å². The first-order valence-corrected chi connectivity index (χ1v) is 10.3. The van der Waals surface area contributed by atoms with Gasteiger partial charge in [0.15, 0.2) is 0 Å². The van der Waals surface area contributed by atoms with E-state index in [2.05, 4.69) is 82.2 Å². The maximum atomic E-state index is 4.43. The molecular formula is C26H25N3. The van der Waals surface area contributed by atoms with Gasteiger partial charge in [-0.1, -0.05) is 48.0 Å². The Morgan fingerprint density at radius 3 is 2.69 bits per heavy atom. The summed E-state index contributed by atoms with van der Waals surface area (Å²) in [5.41, 5.74) is 7.86. The molecule has 29 heavy (non-hydrogen) atoms. The smallest absolute Gasteiger partial charge is 0.0644 e. The molecule has 0 fully saturated rings. The molecule has 3 heteroatoms. The number of aromatic nitrogens is 2. The van der Waals surface area contributed by atoms with Gasteiger partial charge < -0.3 is 4.57 Å². The lowest BCUT2D eigenvalue weighted by Crippen LogP contribution is -2.30. The number of nitrogens with zero attached hydrogens (tertiary/aromatic N) is 3. The minimum Gasteiger partial charge on any atom is -0.320 e. The lowest BCUT2D eigenvalue weighted by Gasteiger charge is -2.28. The summed E-state index contributed by atoms with van der Waals surface area (Å²) in [5, 5.41) is 1.38. The van der Waals surface area contributed by atoms with Gasteiger partial charge in [-0.15, -0.1) is 0 Å². The zero-order valence-electron chi connectivity index (χ0n) is 16.8.